The van der Waals surface area contributed by atoms with Crippen molar-refractivity contribution in [1.82, 2.24) is 9.80 Å². The van der Waals surface area contributed by atoms with Crippen molar-refractivity contribution >= 4 is 18.5 Å². The second-order valence-electron chi connectivity index (χ2n) is 5.61. The van der Waals surface area contributed by atoms with Crippen molar-refractivity contribution < 1.29 is 9.53 Å². The number of hydrogen-bond donors (Lipinski definition) is 1. The third kappa shape index (κ3) is 3.62. The van der Waals surface area contributed by atoms with Crippen molar-refractivity contribution in [3.8, 4) is 0 Å². The van der Waals surface area contributed by atoms with E-state index in [1.165, 1.54) is 0 Å². The fraction of sp³-hybridized carbons (Fsp3) is 0.923. The molecule has 104 valence electrons. The van der Waals surface area contributed by atoms with Gasteiger partial charge in [0.1, 0.15) is 0 Å². The van der Waals surface area contributed by atoms with Crippen LogP contribution >= 0.6 is 12.6 Å². The van der Waals surface area contributed by atoms with Crippen LogP contribution in [-0.4, -0.2) is 66.4 Å². The van der Waals surface area contributed by atoms with E-state index in [1.54, 1.807) is 0 Å². The molecule has 0 spiro atoms. The normalized spacial score (nSPS) is 34.3. The first-order valence-corrected chi connectivity index (χ1v) is 7.48. The van der Waals surface area contributed by atoms with Crippen molar-refractivity contribution in [3.05, 3.63) is 0 Å². The van der Waals surface area contributed by atoms with Gasteiger partial charge in [-0.1, -0.05) is 0 Å². The van der Waals surface area contributed by atoms with Crippen LogP contribution in [-0.2, 0) is 9.53 Å². The molecule has 0 aromatic heterocycles. The average Bonchev–Trinajstić information content (AvgIpc) is 2.66. The summed E-state index contributed by atoms with van der Waals surface area (Å²) in [6.07, 6.45) is 1.28. The Labute approximate surface area is 115 Å². The number of thiol groups is 1. The van der Waals surface area contributed by atoms with Gasteiger partial charge in [-0.2, -0.15) is 12.6 Å². The highest BCUT2D eigenvalue weighted by atomic mass is 32.1. The maximum Gasteiger partial charge on any atom is 0.222 e. The second-order valence-corrected chi connectivity index (χ2v) is 5.97. The zero-order chi connectivity index (χ0) is 13.1. The molecular weight excluding hydrogens is 248 g/mol. The van der Waals surface area contributed by atoms with E-state index in [0.29, 0.717) is 30.5 Å². The molecule has 3 atom stereocenters. The molecule has 2 aliphatic rings. The van der Waals surface area contributed by atoms with Crippen molar-refractivity contribution in [2.75, 3.05) is 38.5 Å². The zero-order valence-electron chi connectivity index (χ0n) is 11.3. The van der Waals surface area contributed by atoms with E-state index in [0.717, 1.165) is 38.5 Å². The molecule has 4 nitrogen and oxygen atoms in total. The molecule has 2 rings (SSSR count). The van der Waals surface area contributed by atoms with Gasteiger partial charge in [-0.3, -0.25) is 9.69 Å². The smallest absolute Gasteiger partial charge is 0.222 e. The summed E-state index contributed by atoms with van der Waals surface area (Å²) in [5, 5.41) is 0. The molecule has 2 saturated heterocycles. The molecule has 2 fully saturated rings. The summed E-state index contributed by atoms with van der Waals surface area (Å²) < 4.78 is 5.71. The van der Waals surface area contributed by atoms with Crippen LogP contribution in [0.5, 0.6) is 0 Å². The Morgan fingerprint density at radius 3 is 2.44 bits per heavy atom. The maximum atomic E-state index is 11.8. The third-order valence-electron chi connectivity index (χ3n) is 3.73. The molecule has 0 aromatic rings. The molecule has 2 heterocycles. The monoisotopic (exact) mass is 272 g/mol. The standard InChI is InChI=1S/C13H24N2O2S/c1-10-6-14(7-11(2)17-10)3-4-15-8-12(9-18)5-13(15)16/h10-12,18H,3-9H2,1-2H3/t10-,11+,12?. The number of nitrogens with zero attached hydrogens (tertiary/aromatic N) is 2. The minimum atomic E-state index is 0.295. The van der Waals surface area contributed by atoms with Gasteiger partial charge in [-0.05, 0) is 25.5 Å². The van der Waals surface area contributed by atoms with E-state index in [2.05, 4.69) is 31.4 Å². The number of carbonyl (C=O) groups excluding carboxylic acids is 1. The Bertz CT molecular complexity index is 291. The van der Waals surface area contributed by atoms with Crippen molar-refractivity contribution in [2.24, 2.45) is 5.92 Å². The summed E-state index contributed by atoms with van der Waals surface area (Å²) in [5.74, 6) is 1.56. The number of carbonyl (C=O) groups is 1. The highest BCUT2D eigenvalue weighted by Gasteiger charge is 2.29. The lowest BCUT2D eigenvalue weighted by Crippen LogP contribution is -2.48. The van der Waals surface area contributed by atoms with E-state index in [4.69, 9.17) is 4.74 Å². The highest BCUT2D eigenvalue weighted by molar-refractivity contribution is 7.80. The van der Waals surface area contributed by atoms with Crippen molar-refractivity contribution in [2.45, 2.75) is 32.5 Å². The molecule has 0 aliphatic carbocycles. The average molecular weight is 272 g/mol. The Morgan fingerprint density at radius 2 is 1.89 bits per heavy atom. The summed E-state index contributed by atoms with van der Waals surface area (Å²) in [5.41, 5.74) is 0. The van der Waals surface area contributed by atoms with E-state index in [9.17, 15) is 4.79 Å². The van der Waals surface area contributed by atoms with Gasteiger partial charge in [0.2, 0.25) is 5.91 Å². The Morgan fingerprint density at radius 1 is 1.22 bits per heavy atom. The third-order valence-corrected chi connectivity index (χ3v) is 4.25. The van der Waals surface area contributed by atoms with E-state index >= 15 is 0 Å². The first-order valence-electron chi connectivity index (χ1n) is 6.85. The number of likely N-dealkylation sites (tertiary alicyclic amines) is 1. The molecule has 0 aromatic carbocycles. The molecule has 1 amide bonds. The van der Waals surface area contributed by atoms with Crippen LogP contribution in [0.15, 0.2) is 0 Å². The molecule has 18 heavy (non-hydrogen) atoms. The van der Waals surface area contributed by atoms with Gasteiger partial charge in [0.05, 0.1) is 12.2 Å². The Kier molecular flexibility index (Phi) is 4.92. The van der Waals surface area contributed by atoms with Crippen molar-refractivity contribution in [1.29, 1.82) is 0 Å². The number of ether oxygens (including phenoxy) is 1. The van der Waals surface area contributed by atoms with Crippen LogP contribution in [0.1, 0.15) is 20.3 Å². The second kappa shape index (κ2) is 6.26. The lowest BCUT2D eigenvalue weighted by atomic mass is 10.1. The van der Waals surface area contributed by atoms with Gasteiger partial charge in [0, 0.05) is 39.1 Å². The molecular formula is C13H24N2O2S. The molecule has 0 N–H and O–H groups in total. The van der Waals surface area contributed by atoms with Gasteiger partial charge < -0.3 is 9.64 Å². The van der Waals surface area contributed by atoms with Crippen LogP contribution in [0.2, 0.25) is 0 Å². The first kappa shape index (κ1) is 14.2. The topological polar surface area (TPSA) is 32.8 Å². The Balaban J connectivity index is 1.76. The Hall–Kier alpha value is -0.260. The summed E-state index contributed by atoms with van der Waals surface area (Å²) in [4.78, 5) is 16.2. The van der Waals surface area contributed by atoms with Crippen LogP contribution in [0.4, 0.5) is 0 Å². The lowest BCUT2D eigenvalue weighted by Gasteiger charge is -2.36. The highest BCUT2D eigenvalue weighted by Crippen LogP contribution is 2.19. The number of rotatable bonds is 4. The molecule has 0 bridgehead atoms. The minimum Gasteiger partial charge on any atom is -0.373 e. The summed E-state index contributed by atoms with van der Waals surface area (Å²) in [6.45, 7) is 8.87. The number of hydrogen-bond acceptors (Lipinski definition) is 4. The van der Waals surface area contributed by atoms with Crippen LogP contribution < -0.4 is 0 Å². The molecule has 0 radical (unpaired) electrons. The predicted molar refractivity (Wildman–Crippen MR) is 75.0 cm³/mol. The van der Waals surface area contributed by atoms with Gasteiger partial charge >= 0.3 is 0 Å². The van der Waals surface area contributed by atoms with Crippen LogP contribution in [0, 0.1) is 5.92 Å². The molecule has 5 heteroatoms. The SMILES string of the molecule is C[C@@H]1CN(CCN2CC(CS)CC2=O)C[C@H](C)O1. The molecule has 2 aliphatic heterocycles. The van der Waals surface area contributed by atoms with E-state index < -0.39 is 0 Å². The van der Waals surface area contributed by atoms with Gasteiger partial charge in [0.15, 0.2) is 0 Å². The predicted octanol–water partition coefficient (Wildman–Crippen LogP) is 0.874. The number of amides is 1. The fourth-order valence-corrected chi connectivity index (χ4v) is 3.17. The maximum absolute atomic E-state index is 11.8. The zero-order valence-corrected chi connectivity index (χ0v) is 12.2. The number of morpholine rings is 1. The lowest BCUT2D eigenvalue weighted by molar-refractivity contribution is -0.128. The van der Waals surface area contributed by atoms with Crippen molar-refractivity contribution in [3.63, 3.8) is 0 Å². The van der Waals surface area contributed by atoms with E-state index in [-0.39, 0.29) is 0 Å². The van der Waals surface area contributed by atoms with Gasteiger partial charge in [-0.15, -0.1) is 0 Å². The fourth-order valence-electron chi connectivity index (χ4n) is 2.92. The van der Waals surface area contributed by atoms with Crippen LogP contribution in [0.3, 0.4) is 0 Å². The molecule has 0 saturated carbocycles. The quantitative estimate of drug-likeness (QED) is 0.771. The van der Waals surface area contributed by atoms with Crippen LogP contribution in [0.25, 0.3) is 0 Å². The van der Waals surface area contributed by atoms with Gasteiger partial charge in [-0.25, -0.2) is 0 Å². The first-order chi connectivity index (χ1) is 8.58. The summed E-state index contributed by atoms with van der Waals surface area (Å²) in [6, 6.07) is 0. The summed E-state index contributed by atoms with van der Waals surface area (Å²) >= 11 is 4.28. The summed E-state index contributed by atoms with van der Waals surface area (Å²) in [7, 11) is 0. The van der Waals surface area contributed by atoms with E-state index in [1.807, 2.05) is 4.90 Å². The molecule has 1 unspecified atom stereocenters. The minimum absolute atomic E-state index is 0.295. The largest absolute Gasteiger partial charge is 0.373 e. The van der Waals surface area contributed by atoms with Gasteiger partial charge in [0.25, 0.3) is 0 Å².